The summed E-state index contributed by atoms with van der Waals surface area (Å²) in [5, 5.41) is 9.76. The van der Waals surface area contributed by atoms with Crippen LogP contribution < -0.4 is 19.1 Å². The molecule has 1 heterocycles. The van der Waals surface area contributed by atoms with Crippen molar-refractivity contribution in [3.05, 3.63) is 48.0 Å². The summed E-state index contributed by atoms with van der Waals surface area (Å²) in [6.45, 7) is 2.09. The van der Waals surface area contributed by atoms with Crippen LogP contribution in [0.15, 0.2) is 42.5 Å². The molecular weight excluding hydrogens is 318 g/mol. The van der Waals surface area contributed by atoms with Gasteiger partial charge in [0.05, 0.1) is 32.6 Å². The average Bonchev–Trinajstić information content (AvgIpc) is 3.08. The molecule has 1 atom stereocenters. The fourth-order valence-corrected chi connectivity index (χ4v) is 3.12. The topological polar surface area (TPSA) is 51.2 Å². The third-order valence-corrected chi connectivity index (χ3v) is 4.47. The van der Waals surface area contributed by atoms with Crippen molar-refractivity contribution in [3.63, 3.8) is 0 Å². The second kappa shape index (κ2) is 8.12. The molecule has 1 aliphatic heterocycles. The van der Waals surface area contributed by atoms with E-state index in [1.165, 1.54) is 0 Å². The smallest absolute Gasteiger partial charge is 0.160 e. The number of para-hydroxylation sites is 2. The lowest BCUT2D eigenvalue weighted by molar-refractivity contribution is 0.198. The zero-order valence-electron chi connectivity index (χ0n) is 14.8. The molecule has 0 bridgehead atoms. The van der Waals surface area contributed by atoms with Gasteiger partial charge in [0, 0.05) is 19.5 Å². The van der Waals surface area contributed by atoms with Crippen LogP contribution in [-0.4, -0.2) is 45.1 Å². The third-order valence-electron chi connectivity index (χ3n) is 4.47. The van der Waals surface area contributed by atoms with Crippen LogP contribution in [0.1, 0.15) is 12.0 Å². The van der Waals surface area contributed by atoms with Gasteiger partial charge in [-0.2, -0.15) is 0 Å². The maximum atomic E-state index is 9.76. The van der Waals surface area contributed by atoms with Gasteiger partial charge in [0.15, 0.2) is 11.5 Å². The molecule has 0 aliphatic carbocycles. The molecule has 25 heavy (non-hydrogen) atoms. The molecule has 3 rings (SSSR count). The molecule has 5 nitrogen and oxygen atoms in total. The van der Waals surface area contributed by atoms with Gasteiger partial charge in [0.2, 0.25) is 0 Å². The first-order valence-corrected chi connectivity index (χ1v) is 8.57. The number of β-amino-alcohol motifs (C(OH)–C–C–N with tert-alkyl or cyclic N) is 1. The maximum Gasteiger partial charge on any atom is 0.160 e. The quantitative estimate of drug-likeness (QED) is 0.838. The Morgan fingerprint density at radius 3 is 2.56 bits per heavy atom. The van der Waals surface area contributed by atoms with Gasteiger partial charge in [-0.25, -0.2) is 0 Å². The van der Waals surface area contributed by atoms with Crippen LogP contribution in [0.2, 0.25) is 0 Å². The highest BCUT2D eigenvalue weighted by atomic mass is 16.5. The lowest BCUT2D eigenvalue weighted by Gasteiger charge is -2.21. The lowest BCUT2D eigenvalue weighted by atomic mass is 10.1. The van der Waals surface area contributed by atoms with Crippen molar-refractivity contribution >= 4 is 5.69 Å². The summed E-state index contributed by atoms with van der Waals surface area (Å²) in [6, 6.07) is 13.9. The molecule has 1 fully saturated rings. The van der Waals surface area contributed by atoms with Gasteiger partial charge in [-0.3, -0.25) is 0 Å². The lowest BCUT2D eigenvalue weighted by Crippen LogP contribution is -2.22. The summed E-state index contributed by atoms with van der Waals surface area (Å²) in [4.78, 5) is 2.18. The van der Waals surface area contributed by atoms with Crippen LogP contribution in [-0.2, 0) is 6.42 Å². The first-order valence-electron chi connectivity index (χ1n) is 8.57. The van der Waals surface area contributed by atoms with Crippen molar-refractivity contribution in [2.24, 2.45) is 0 Å². The fourth-order valence-electron chi connectivity index (χ4n) is 3.12. The monoisotopic (exact) mass is 343 g/mol. The first kappa shape index (κ1) is 17.4. The van der Waals surface area contributed by atoms with E-state index in [4.69, 9.17) is 14.2 Å². The highest BCUT2D eigenvalue weighted by Crippen LogP contribution is 2.31. The van der Waals surface area contributed by atoms with E-state index in [2.05, 4.69) is 4.90 Å². The largest absolute Gasteiger partial charge is 0.493 e. The maximum absolute atomic E-state index is 9.76. The number of anilines is 1. The van der Waals surface area contributed by atoms with Gasteiger partial charge in [0.25, 0.3) is 0 Å². The summed E-state index contributed by atoms with van der Waals surface area (Å²) in [6.07, 6.45) is 1.33. The van der Waals surface area contributed by atoms with Crippen molar-refractivity contribution in [2.75, 3.05) is 38.8 Å². The number of hydrogen-bond donors (Lipinski definition) is 1. The fraction of sp³-hybridized carbons (Fsp3) is 0.400. The SMILES string of the molecule is COc1ccc(CCOc2ccccc2N2CC[C@@H](O)C2)cc1OC. The normalized spacial score (nSPS) is 16.8. The van der Waals surface area contributed by atoms with Crippen LogP contribution in [0.5, 0.6) is 17.2 Å². The molecule has 0 saturated carbocycles. The predicted octanol–water partition coefficient (Wildman–Crippen LogP) is 2.90. The third kappa shape index (κ3) is 4.17. The Hall–Kier alpha value is -2.40. The molecule has 0 radical (unpaired) electrons. The van der Waals surface area contributed by atoms with Crippen LogP contribution >= 0.6 is 0 Å². The number of methoxy groups -OCH3 is 2. The van der Waals surface area contributed by atoms with E-state index in [-0.39, 0.29) is 6.10 Å². The molecular formula is C20H25NO4. The molecule has 2 aromatic carbocycles. The number of benzene rings is 2. The predicted molar refractivity (Wildman–Crippen MR) is 98.0 cm³/mol. The number of ether oxygens (including phenoxy) is 3. The van der Waals surface area contributed by atoms with Gasteiger partial charge >= 0.3 is 0 Å². The van der Waals surface area contributed by atoms with Crippen LogP contribution in [0, 0.1) is 0 Å². The molecule has 0 unspecified atom stereocenters. The number of hydrogen-bond acceptors (Lipinski definition) is 5. The van der Waals surface area contributed by atoms with E-state index in [0.29, 0.717) is 13.2 Å². The number of rotatable bonds is 7. The zero-order valence-corrected chi connectivity index (χ0v) is 14.8. The van der Waals surface area contributed by atoms with Crippen molar-refractivity contribution in [1.29, 1.82) is 0 Å². The van der Waals surface area contributed by atoms with E-state index >= 15 is 0 Å². The van der Waals surface area contributed by atoms with E-state index in [0.717, 1.165) is 47.9 Å². The van der Waals surface area contributed by atoms with Gasteiger partial charge in [0.1, 0.15) is 5.75 Å². The zero-order chi connectivity index (χ0) is 17.6. The first-order chi connectivity index (χ1) is 12.2. The molecule has 134 valence electrons. The summed E-state index contributed by atoms with van der Waals surface area (Å²) in [5.74, 6) is 2.31. The van der Waals surface area contributed by atoms with Gasteiger partial charge in [-0.1, -0.05) is 18.2 Å². The Labute approximate surface area is 148 Å². The van der Waals surface area contributed by atoms with Crippen LogP contribution in [0.3, 0.4) is 0 Å². The highest BCUT2D eigenvalue weighted by Gasteiger charge is 2.22. The molecule has 0 amide bonds. The minimum absolute atomic E-state index is 0.250. The van der Waals surface area contributed by atoms with Gasteiger partial charge < -0.3 is 24.2 Å². The Morgan fingerprint density at radius 1 is 1.04 bits per heavy atom. The van der Waals surface area contributed by atoms with Gasteiger partial charge in [-0.15, -0.1) is 0 Å². The van der Waals surface area contributed by atoms with E-state index in [1.807, 2.05) is 42.5 Å². The average molecular weight is 343 g/mol. The Bertz CT molecular complexity index is 704. The number of aliphatic hydroxyl groups excluding tert-OH is 1. The number of aliphatic hydroxyl groups is 1. The van der Waals surface area contributed by atoms with Crippen molar-refractivity contribution in [1.82, 2.24) is 0 Å². The molecule has 2 aromatic rings. The van der Waals surface area contributed by atoms with E-state index in [9.17, 15) is 5.11 Å². The van der Waals surface area contributed by atoms with E-state index < -0.39 is 0 Å². The van der Waals surface area contributed by atoms with Crippen LogP contribution in [0.4, 0.5) is 5.69 Å². The summed E-state index contributed by atoms with van der Waals surface area (Å²) >= 11 is 0. The summed E-state index contributed by atoms with van der Waals surface area (Å²) in [7, 11) is 3.27. The van der Waals surface area contributed by atoms with Crippen molar-refractivity contribution < 1.29 is 19.3 Å². The highest BCUT2D eigenvalue weighted by molar-refractivity contribution is 5.59. The number of nitrogens with zero attached hydrogens (tertiary/aromatic N) is 1. The molecule has 0 aromatic heterocycles. The molecule has 1 aliphatic rings. The Kier molecular flexibility index (Phi) is 5.66. The molecule has 1 N–H and O–H groups in total. The standard InChI is InChI=1S/C20H25NO4/c1-23-19-8-7-15(13-20(19)24-2)10-12-25-18-6-4-3-5-17(18)21-11-9-16(22)14-21/h3-8,13,16,22H,9-12,14H2,1-2H3/t16-/m1/s1. The van der Waals surface area contributed by atoms with Crippen molar-refractivity contribution in [2.45, 2.75) is 18.9 Å². The summed E-state index contributed by atoms with van der Waals surface area (Å²) < 4.78 is 16.6. The molecule has 5 heteroatoms. The minimum Gasteiger partial charge on any atom is -0.493 e. The molecule has 0 spiro atoms. The second-order valence-electron chi connectivity index (χ2n) is 6.14. The molecule has 1 saturated heterocycles. The Balaban J connectivity index is 1.63. The van der Waals surface area contributed by atoms with Crippen molar-refractivity contribution in [3.8, 4) is 17.2 Å². The minimum atomic E-state index is -0.250. The summed E-state index contributed by atoms with van der Waals surface area (Å²) in [5.41, 5.74) is 2.18. The second-order valence-corrected chi connectivity index (χ2v) is 6.14. The van der Waals surface area contributed by atoms with Crippen LogP contribution in [0.25, 0.3) is 0 Å². The Morgan fingerprint density at radius 2 is 1.84 bits per heavy atom. The van der Waals surface area contributed by atoms with Gasteiger partial charge in [-0.05, 0) is 36.2 Å². The van der Waals surface area contributed by atoms with E-state index in [1.54, 1.807) is 14.2 Å².